The summed E-state index contributed by atoms with van der Waals surface area (Å²) in [5, 5.41) is 8.80. The number of halogens is 1. The smallest absolute Gasteiger partial charge is 0.257 e. The molecule has 0 atom stereocenters. The number of aromatic nitrogens is 1. The Bertz CT molecular complexity index is 836. The van der Waals surface area contributed by atoms with Crippen LogP contribution in [0.2, 0.25) is 0 Å². The van der Waals surface area contributed by atoms with Crippen LogP contribution in [0.4, 0.5) is 4.39 Å². The van der Waals surface area contributed by atoms with Crippen LogP contribution < -0.4 is 0 Å². The normalized spacial score (nSPS) is 13.6. The van der Waals surface area contributed by atoms with Gasteiger partial charge in [0.2, 0.25) is 0 Å². The summed E-state index contributed by atoms with van der Waals surface area (Å²) >= 11 is 0. The van der Waals surface area contributed by atoms with Crippen molar-refractivity contribution in [1.82, 2.24) is 9.88 Å². The van der Waals surface area contributed by atoms with Crippen molar-refractivity contribution in [3.8, 4) is 6.07 Å². The van der Waals surface area contributed by atoms with Crippen LogP contribution in [-0.4, -0.2) is 22.3 Å². The standard InChI is InChI=1S/C19H20FN3O2/c1-12(2)3-6-18-22-16-11-23(8-7-17(16)25-18)19(24)14-5-4-13(10-21)9-15(14)20/h4-5,9,12H,3,6-8,11H2,1-2H3. The summed E-state index contributed by atoms with van der Waals surface area (Å²) in [5.41, 5.74) is 0.930. The fourth-order valence-corrected chi connectivity index (χ4v) is 2.87. The molecule has 2 heterocycles. The molecule has 0 N–H and O–H groups in total. The van der Waals surface area contributed by atoms with Crippen LogP contribution in [0.5, 0.6) is 0 Å². The highest BCUT2D eigenvalue weighted by atomic mass is 19.1. The SMILES string of the molecule is CC(C)CCc1nc2c(o1)CCN(C(=O)c1ccc(C#N)cc1F)C2. The average molecular weight is 341 g/mol. The molecule has 2 aromatic rings. The highest BCUT2D eigenvalue weighted by Crippen LogP contribution is 2.23. The quantitative estimate of drug-likeness (QED) is 0.854. The Morgan fingerprint density at radius 2 is 2.28 bits per heavy atom. The predicted octanol–water partition coefficient (Wildman–Crippen LogP) is 3.47. The molecule has 1 aromatic heterocycles. The molecule has 0 unspecified atom stereocenters. The molecule has 25 heavy (non-hydrogen) atoms. The molecule has 1 amide bonds. The second kappa shape index (κ2) is 7.06. The first-order chi connectivity index (χ1) is 12.0. The number of benzene rings is 1. The van der Waals surface area contributed by atoms with Crippen molar-refractivity contribution in [3.63, 3.8) is 0 Å². The highest BCUT2D eigenvalue weighted by Gasteiger charge is 2.27. The zero-order valence-electron chi connectivity index (χ0n) is 14.4. The molecule has 6 heteroatoms. The van der Waals surface area contributed by atoms with Crippen molar-refractivity contribution in [2.75, 3.05) is 6.54 Å². The summed E-state index contributed by atoms with van der Waals surface area (Å²) < 4.78 is 19.9. The molecule has 0 bridgehead atoms. The van der Waals surface area contributed by atoms with Crippen molar-refractivity contribution in [3.05, 3.63) is 52.5 Å². The number of rotatable bonds is 4. The average Bonchev–Trinajstić information content (AvgIpc) is 3.01. The number of hydrogen-bond acceptors (Lipinski definition) is 4. The van der Waals surface area contributed by atoms with Crippen LogP contribution in [-0.2, 0) is 19.4 Å². The summed E-state index contributed by atoms with van der Waals surface area (Å²) in [4.78, 5) is 18.7. The summed E-state index contributed by atoms with van der Waals surface area (Å²) in [6.45, 7) is 5.08. The lowest BCUT2D eigenvalue weighted by Crippen LogP contribution is -2.36. The third-order valence-corrected chi connectivity index (χ3v) is 4.32. The van der Waals surface area contributed by atoms with Gasteiger partial charge in [-0.2, -0.15) is 5.26 Å². The minimum atomic E-state index is -0.673. The lowest BCUT2D eigenvalue weighted by Gasteiger charge is -2.25. The van der Waals surface area contributed by atoms with Crippen LogP contribution >= 0.6 is 0 Å². The Labute approximate surface area is 146 Å². The van der Waals surface area contributed by atoms with Crippen molar-refractivity contribution in [2.45, 2.75) is 39.7 Å². The van der Waals surface area contributed by atoms with E-state index in [9.17, 15) is 9.18 Å². The van der Waals surface area contributed by atoms with Gasteiger partial charge in [-0.1, -0.05) is 13.8 Å². The lowest BCUT2D eigenvalue weighted by atomic mass is 10.1. The fourth-order valence-electron chi connectivity index (χ4n) is 2.87. The van der Waals surface area contributed by atoms with Crippen LogP contribution in [0.1, 0.15) is 53.5 Å². The molecule has 0 saturated heterocycles. The molecule has 5 nitrogen and oxygen atoms in total. The van der Waals surface area contributed by atoms with Crippen LogP contribution in [0.15, 0.2) is 22.6 Å². The van der Waals surface area contributed by atoms with E-state index in [-0.39, 0.29) is 17.0 Å². The van der Waals surface area contributed by atoms with E-state index in [0.29, 0.717) is 31.3 Å². The zero-order chi connectivity index (χ0) is 18.0. The predicted molar refractivity (Wildman–Crippen MR) is 89.2 cm³/mol. The van der Waals surface area contributed by atoms with Gasteiger partial charge in [0.25, 0.3) is 5.91 Å². The van der Waals surface area contributed by atoms with E-state index in [1.807, 2.05) is 6.07 Å². The molecule has 1 aliphatic rings. The fraction of sp³-hybridized carbons (Fsp3) is 0.421. The van der Waals surface area contributed by atoms with E-state index in [1.54, 1.807) is 4.90 Å². The molecule has 1 aliphatic heterocycles. The minimum absolute atomic E-state index is 0.0222. The summed E-state index contributed by atoms with van der Waals surface area (Å²) in [6.07, 6.45) is 2.36. The second-order valence-corrected chi connectivity index (χ2v) is 6.69. The first-order valence-corrected chi connectivity index (χ1v) is 8.44. The number of aryl methyl sites for hydroxylation is 1. The number of oxazole rings is 1. The maximum atomic E-state index is 14.1. The number of carbonyl (C=O) groups excluding carboxylic acids is 1. The third kappa shape index (κ3) is 3.71. The number of nitrogens with zero attached hydrogens (tertiary/aromatic N) is 3. The molecular weight excluding hydrogens is 321 g/mol. The Balaban J connectivity index is 1.74. The maximum absolute atomic E-state index is 14.1. The summed E-state index contributed by atoms with van der Waals surface area (Å²) in [7, 11) is 0. The number of amides is 1. The highest BCUT2D eigenvalue weighted by molar-refractivity contribution is 5.94. The van der Waals surface area contributed by atoms with Crippen molar-refractivity contribution in [2.24, 2.45) is 5.92 Å². The van der Waals surface area contributed by atoms with Crippen LogP contribution in [0.3, 0.4) is 0 Å². The molecule has 0 fully saturated rings. The van der Waals surface area contributed by atoms with Gasteiger partial charge in [-0.15, -0.1) is 0 Å². The topological polar surface area (TPSA) is 70.1 Å². The summed E-state index contributed by atoms with van der Waals surface area (Å²) in [5.74, 6) is 1.04. The van der Waals surface area contributed by atoms with Gasteiger partial charge in [0.05, 0.1) is 23.7 Å². The van der Waals surface area contributed by atoms with E-state index < -0.39 is 5.82 Å². The molecule has 130 valence electrons. The van der Waals surface area contributed by atoms with Crippen molar-refractivity contribution in [1.29, 1.82) is 5.26 Å². The molecule has 0 saturated carbocycles. The summed E-state index contributed by atoms with van der Waals surface area (Å²) in [6, 6.07) is 5.76. The monoisotopic (exact) mass is 341 g/mol. The Morgan fingerprint density at radius 1 is 1.48 bits per heavy atom. The number of fused-ring (bicyclic) bond motifs is 1. The molecule has 0 aliphatic carbocycles. The van der Waals surface area contributed by atoms with E-state index in [0.717, 1.165) is 30.4 Å². The largest absolute Gasteiger partial charge is 0.445 e. The van der Waals surface area contributed by atoms with Gasteiger partial charge in [-0.3, -0.25) is 4.79 Å². The molecule has 1 aromatic carbocycles. The first kappa shape index (κ1) is 17.2. The van der Waals surface area contributed by atoms with E-state index in [4.69, 9.17) is 9.68 Å². The number of carbonyl (C=O) groups is 1. The van der Waals surface area contributed by atoms with Gasteiger partial charge >= 0.3 is 0 Å². The van der Waals surface area contributed by atoms with Gasteiger partial charge < -0.3 is 9.32 Å². The Hall–Kier alpha value is -2.68. The first-order valence-electron chi connectivity index (χ1n) is 8.44. The molecular formula is C19H20FN3O2. The van der Waals surface area contributed by atoms with E-state index in [2.05, 4.69) is 18.8 Å². The van der Waals surface area contributed by atoms with Gasteiger partial charge in [-0.25, -0.2) is 9.37 Å². The van der Waals surface area contributed by atoms with Crippen molar-refractivity contribution >= 4 is 5.91 Å². The van der Waals surface area contributed by atoms with E-state index >= 15 is 0 Å². The van der Waals surface area contributed by atoms with Gasteiger partial charge in [-0.05, 0) is 30.5 Å². The maximum Gasteiger partial charge on any atom is 0.257 e. The second-order valence-electron chi connectivity index (χ2n) is 6.69. The van der Waals surface area contributed by atoms with Crippen LogP contribution in [0, 0.1) is 23.1 Å². The van der Waals surface area contributed by atoms with Crippen molar-refractivity contribution < 1.29 is 13.6 Å². The van der Waals surface area contributed by atoms with Gasteiger partial charge in [0, 0.05) is 19.4 Å². The van der Waals surface area contributed by atoms with Crippen LogP contribution in [0.25, 0.3) is 0 Å². The lowest BCUT2D eigenvalue weighted by molar-refractivity contribution is 0.0723. The third-order valence-electron chi connectivity index (χ3n) is 4.32. The molecule has 0 radical (unpaired) electrons. The Morgan fingerprint density at radius 3 is 2.96 bits per heavy atom. The van der Waals surface area contributed by atoms with Gasteiger partial charge in [0.1, 0.15) is 17.3 Å². The number of hydrogen-bond donors (Lipinski definition) is 0. The Kier molecular flexibility index (Phi) is 4.84. The van der Waals surface area contributed by atoms with E-state index in [1.165, 1.54) is 12.1 Å². The van der Waals surface area contributed by atoms with Gasteiger partial charge in [0.15, 0.2) is 5.89 Å². The number of nitriles is 1. The molecule has 3 rings (SSSR count). The minimum Gasteiger partial charge on any atom is -0.445 e. The molecule has 0 spiro atoms. The zero-order valence-corrected chi connectivity index (χ0v) is 14.4.